The first kappa shape index (κ1) is 20.3. The van der Waals surface area contributed by atoms with Gasteiger partial charge in [0, 0.05) is 17.3 Å². The minimum atomic E-state index is -0.491. The highest BCUT2D eigenvalue weighted by Gasteiger charge is 2.09. The number of hydrogen-bond acceptors (Lipinski definition) is 4. The zero-order chi connectivity index (χ0) is 17.0. The van der Waals surface area contributed by atoms with Gasteiger partial charge in [-0.15, -0.1) is 0 Å². The molecule has 0 amide bonds. The molecule has 24 heavy (non-hydrogen) atoms. The van der Waals surface area contributed by atoms with Crippen molar-refractivity contribution in [2.45, 2.75) is 35.1 Å². The van der Waals surface area contributed by atoms with Gasteiger partial charge in [-0.1, -0.05) is 51.7 Å². The van der Waals surface area contributed by atoms with Gasteiger partial charge in [-0.25, -0.2) is 9.97 Å². The second-order valence-electron chi connectivity index (χ2n) is 5.83. The molecule has 0 atom stereocenters. The first-order valence-electron chi connectivity index (χ1n) is 7.31. The summed E-state index contributed by atoms with van der Waals surface area (Å²) in [4.78, 5) is 11.5. The Bertz CT molecular complexity index is 799. The minimum absolute atomic E-state index is 0. The quantitative estimate of drug-likeness (QED) is 0.406. The lowest BCUT2D eigenvalue weighted by atomic mass is 10.1. The summed E-state index contributed by atoms with van der Waals surface area (Å²) in [6.45, 7) is 8.46. The predicted octanol–water partition coefficient (Wildman–Crippen LogP) is 6.67. The lowest BCUT2D eigenvalue weighted by Gasteiger charge is -2.04. The molecular weight excluding hydrogens is 345 g/mol. The molecule has 0 saturated heterocycles. The van der Waals surface area contributed by atoms with E-state index in [9.17, 15) is 4.39 Å². The molecule has 1 aromatic carbocycles. The smallest absolute Gasteiger partial charge is 0.214 e. The Kier molecular flexibility index (Phi) is 7.58. The predicted molar refractivity (Wildman–Crippen MR) is 104 cm³/mol. The summed E-state index contributed by atoms with van der Waals surface area (Å²) in [7, 11) is 0. The van der Waals surface area contributed by atoms with Crippen LogP contribution in [0.25, 0.3) is 20.9 Å². The molecule has 3 nitrogen and oxygen atoms in total. The van der Waals surface area contributed by atoms with E-state index in [4.69, 9.17) is 11.8 Å². The molecule has 6 heteroatoms. The second kappa shape index (κ2) is 8.94. The van der Waals surface area contributed by atoms with Crippen LogP contribution in [0.15, 0.2) is 30.3 Å². The number of rotatable bonds is 2. The number of anilines is 1. The van der Waals surface area contributed by atoms with Gasteiger partial charge in [-0.3, -0.25) is 4.84 Å². The monoisotopic (exact) mass is 367 g/mol. The third kappa shape index (κ3) is 5.14. The molecule has 0 spiro atoms. The fourth-order valence-corrected chi connectivity index (χ4v) is 2.90. The van der Waals surface area contributed by atoms with Crippen LogP contribution in [-0.4, -0.2) is 9.97 Å². The molecule has 3 aromatic rings. The van der Waals surface area contributed by atoms with Crippen LogP contribution in [0, 0.1) is 18.8 Å². The number of aryl methyl sites for hydroxylation is 1. The third-order valence-electron chi connectivity index (χ3n) is 2.81. The summed E-state index contributed by atoms with van der Waals surface area (Å²) in [6.07, 6.45) is 0. The second-order valence-corrected chi connectivity index (χ2v) is 7.00. The van der Waals surface area contributed by atoms with Crippen LogP contribution in [-0.2, 0) is 0 Å². The number of hydrogen-bond donors (Lipinski definition) is 1. The average Bonchev–Trinajstić information content (AvgIpc) is 2.90. The highest BCUT2D eigenvalue weighted by atomic mass is 35.5. The summed E-state index contributed by atoms with van der Waals surface area (Å²) in [5, 5.41) is 0.793. The molecule has 0 aliphatic rings. The first-order valence-corrected chi connectivity index (χ1v) is 8.51. The molecule has 130 valence electrons. The molecule has 0 aliphatic heterocycles. The lowest BCUT2D eigenvalue weighted by Crippen LogP contribution is -1.86. The Hall–Kier alpha value is -1.72. The Morgan fingerprint density at radius 1 is 1.12 bits per heavy atom. The molecule has 0 saturated carbocycles. The molecule has 2 aromatic heterocycles. The van der Waals surface area contributed by atoms with Gasteiger partial charge in [0.05, 0.1) is 5.69 Å². The van der Waals surface area contributed by atoms with E-state index in [0.717, 1.165) is 27.7 Å². The number of benzene rings is 1. The summed E-state index contributed by atoms with van der Waals surface area (Å²) in [5.74, 6) is 0.342. The van der Waals surface area contributed by atoms with Crippen LogP contribution in [0.4, 0.5) is 10.1 Å². The summed E-state index contributed by atoms with van der Waals surface area (Å²) in [5.41, 5.74) is 3.50. The number of thiazole rings is 1. The molecular formula is C18H23ClFN3S. The van der Waals surface area contributed by atoms with Gasteiger partial charge in [-0.2, -0.15) is 4.39 Å². The molecule has 0 fully saturated rings. The van der Waals surface area contributed by atoms with Gasteiger partial charge in [0.1, 0.15) is 15.4 Å². The van der Waals surface area contributed by atoms with E-state index in [1.54, 1.807) is 6.07 Å². The fraction of sp³-hybridized carbons (Fsp3) is 0.333. The molecule has 0 bridgehead atoms. The van der Waals surface area contributed by atoms with Gasteiger partial charge in [0.15, 0.2) is 0 Å². The molecule has 2 heterocycles. The van der Waals surface area contributed by atoms with E-state index in [2.05, 4.69) is 35.6 Å². The van der Waals surface area contributed by atoms with E-state index in [1.807, 2.05) is 25.1 Å². The zero-order valence-electron chi connectivity index (χ0n) is 13.5. The van der Waals surface area contributed by atoms with Crippen LogP contribution in [0.3, 0.4) is 0 Å². The number of pyridine rings is 1. The maximum atomic E-state index is 13.1. The Balaban J connectivity index is 0.000000522. The topological polar surface area (TPSA) is 37.8 Å². The highest BCUT2D eigenvalue weighted by molar-refractivity contribution is 7.21. The van der Waals surface area contributed by atoms with Gasteiger partial charge in [0.25, 0.3) is 0 Å². The van der Waals surface area contributed by atoms with Crippen molar-refractivity contribution in [3.8, 4) is 10.6 Å². The van der Waals surface area contributed by atoms with Crippen molar-refractivity contribution in [1.82, 2.24) is 9.97 Å². The van der Waals surface area contributed by atoms with Crippen LogP contribution in [0.2, 0.25) is 0 Å². The van der Waals surface area contributed by atoms with Crippen molar-refractivity contribution in [3.63, 3.8) is 0 Å². The zero-order valence-corrected chi connectivity index (χ0v) is 15.1. The molecule has 0 unspecified atom stereocenters. The van der Waals surface area contributed by atoms with Crippen LogP contribution >= 0.6 is 23.1 Å². The molecule has 0 radical (unpaired) electrons. The number of fused-ring (bicyclic) bond motifs is 1. The highest BCUT2D eigenvalue weighted by Crippen LogP contribution is 2.31. The van der Waals surface area contributed by atoms with E-state index >= 15 is 0 Å². The van der Waals surface area contributed by atoms with Gasteiger partial charge in [0.2, 0.25) is 5.95 Å². The van der Waals surface area contributed by atoms with Crippen LogP contribution in [0.5, 0.6) is 0 Å². The maximum Gasteiger partial charge on any atom is 0.214 e. The van der Waals surface area contributed by atoms with E-state index < -0.39 is 5.95 Å². The van der Waals surface area contributed by atoms with Crippen molar-refractivity contribution < 1.29 is 4.39 Å². The lowest BCUT2D eigenvalue weighted by molar-refractivity contribution is 0.589. The van der Waals surface area contributed by atoms with Gasteiger partial charge in [-0.05, 0) is 36.6 Å². The van der Waals surface area contributed by atoms with Crippen molar-refractivity contribution >= 4 is 39.1 Å². The summed E-state index contributed by atoms with van der Waals surface area (Å²) < 4.78 is 13.1. The Morgan fingerprint density at radius 2 is 1.79 bits per heavy atom. The number of nitrogens with zero attached hydrogens (tertiary/aromatic N) is 2. The SMILES string of the molecule is C.CC(C)C.Cc1ccc(-c2nc3ccc(F)nc3s2)cc1NCl. The number of halogens is 2. The van der Waals surface area contributed by atoms with Crippen molar-refractivity contribution in [1.29, 1.82) is 0 Å². The molecule has 0 aliphatic carbocycles. The van der Waals surface area contributed by atoms with Crippen molar-refractivity contribution in [3.05, 3.63) is 41.8 Å². The molecule has 3 rings (SSSR count). The van der Waals surface area contributed by atoms with Crippen LogP contribution in [0.1, 0.15) is 33.8 Å². The molecule has 1 N–H and O–H groups in total. The van der Waals surface area contributed by atoms with Gasteiger partial charge >= 0.3 is 0 Å². The van der Waals surface area contributed by atoms with Crippen LogP contribution < -0.4 is 4.84 Å². The summed E-state index contributed by atoms with van der Waals surface area (Å²) >= 11 is 7.02. The maximum absolute atomic E-state index is 13.1. The standard InChI is InChI=1S/C13H9ClFN3S.C4H10.CH4/c1-7-2-3-8(6-10(7)18-14)12-16-9-4-5-11(15)17-13(9)19-12;1-4(2)3;/h2-6,18H,1H3;4H,1-3H3;1H4. The number of aromatic nitrogens is 2. The van der Waals surface area contributed by atoms with E-state index in [0.29, 0.717) is 10.3 Å². The minimum Gasteiger partial charge on any atom is -0.298 e. The summed E-state index contributed by atoms with van der Waals surface area (Å²) in [6, 6.07) is 8.77. The van der Waals surface area contributed by atoms with E-state index in [1.165, 1.54) is 17.4 Å². The average molecular weight is 368 g/mol. The Morgan fingerprint density at radius 3 is 2.42 bits per heavy atom. The fourth-order valence-electron chi connectivity index (χ4n) is 1.77. The third-order valence-corrected chi connectivity index (χ3v) is 4.03. The van der Waals surface area contributed by atoms with Gasteiger partial charge < -0.3 is 0 Å². The van der Waals surface area contributed by atoms with Crippen molar-refractivity contribution in [2.75, 3.05) is 4.84 Å². The number of nitrogens with one attached hydrogen (secondary N) is 1. The Labute approximate surface area is 152 Å². The van der Waals surface area contributed by atoms with E-state index in [-0.39, 0.29) is 7.43 Å². The normalized spacial score (nSPS) is 10.1. The first-order chi connectivity index (χ1) is 10.9. The largest absolute Gasteiger partial charge is 0.298 e. The van der Waals surface area contributed by atoms with Crippen molar-refractivity contribution in [2.24, 2.45) is 5.92 Å².